The van der Waals surface area contributed by atoms with Gasteiger partial charge >= 0.3 is 0 Å². The minimum atomic E-state index is 0.414. The van der Waals surface area contributed by atoms with E-state index in [1.807, 2.05) is 31.6 Å². The molecule has 0 aliphatic rings. The van der Waals surface area contributed by atoms with Crippen LogP contribution in [-0.2, 0) is 6.42 Å². The van der Waals surface area contributed by atoms with Crippen molar-refractivity contribution in [2.75, 3.05) is 14.2 Å². The number of imidazole rings is 1. The van der Waals surface area contributed by atoms with Crippen LogP contribution in [0.15, 0.2) is 24.5 Å². The summed E-state index contributed by atoms with van der Waals surface area (Å²) in [6, 6.07) is 4.33. The van der Waals surface area contributed by atoms with E-state index in [0.717, 1.165) is 23.5 Å². The fourth-order valence-corrected chi connectivity index (χ4v) is 1.75. The largest absolute Gasteiger partial charge is 0.494 e. The molecule has 0 spiro atoms. The molecule has 0 amide bonds. The molecule has 1 unspecified atom stereocenters. The Balaban J connectivity index is 2.41. The molecule has 2 aromatic rings. The van der Waals surface area contributed by atoms with Gasteiger partial charge in [0.25, 0.3) is 0 Å². The maximum absolute atomic E-state index is 5.30. The Kier molecular flexibility index (Phi) is 3.10. The number of nitrogens with one attached hydrogen (secondary N) is 1. The second kappa shape index (κ2) is 4.53. The SMILES string of the molecule is CNC(C)Cc1ncc2c(OC)cccn12. The lowest BCUT2D eigenvalue weighted by molar-refractivity contribution is 0.417. The van der Waals surface area contributed by atoms with Crippen molar-refractivity contribution in [3.05, 3.63) is 30.4 Å². The molecule has 2 rings (SSSR count). The van der Waals surface area contributed by atoms with Crippen LogP contribution in [0, 0.1) is 0 Å². The van der Waals surface area contributed by atoms with E-state index in [9.17, 15) is 0 Å². The van der Waals surface area contributed by atoms with Gasteiger partial charge in [-0.05, 0) is 26.1 Å². The lowest BCUT2D eigenvalue weighted by atomic mass is 10.2. The van der Waals surface area contributed by atoms with E-state index in [2.05, 4.69) is 21.6 Å². The van der Waals surface area contributed by atoms with Crippen LogP contribution in [0.5, 0.6) is 5.75 Å². The number of ether oxygens (including phenoxy) is 1. The Bertz CT molecular complexity index is 478. The van der Waals surface area contributed by atoms with Crippen LogP contribution in [0.1, 0.15) is 12.7 Å². The Morgan fingerprint density at radius 2 is 2.38 bits per heavy atom. The number of pyridine rings is 1. The number of rotatable bonds is 4. The first kappa shape index (κ1) is 11.0. The molecule has 0 fully saturated rings. The minimum absolute atomic E-state index is 0.414. The minimum Gasteiger partial charge on any atom is -0.494 e. The van der Waals surface area contributed by atoms with Crippen molar-refractivity contribution in [2.45, 2.75) is 19.4 Å². The monoisotopic (exact) mass is 219 g/mol. The smallest absolute Gasteiger partial charge is 0.144 e. The molecule has 4 heteroatoms. The number of hydrogen-bond acceptors (Lipinski definition) is 3. The van der Waals surface area contributed by atoms with Crippen molar-refractivity contribution in [3.63, 3.8) is 0 Å². The fourth-order valence-electron chi connectivity index (χ4n) is 1.75. The van der Waals surface area contributed by atoms with Crippen LogP contribution in [0.3, 0.4) is 0 Å². The lowest BCUT2D eigenvalue weighted by Gasteiger charge is -2.09. The number of aromatic nitrogens is 2. The summed E-state index contributed by atoms with van der Waals surface area (Å²) in [5.74, 6) is 1.91. The summed E-state index contributed by atoms with van der Waals surface area (Å²) in [7, 11) is 3.64. The van der Waals surface area contributed by atoms with Crippen LogP contribution < -0.4 is 10.1 Å². The number of fused-ring (bicyclic) bond motifs is 1. The van der Waals surface area contributed by atoms with Gasteiger partial charge in [-0.3, -0.25) is 0 Å². The Labute approximate surface area is 95.3 Å². The predicted octanol–water partition coefficient (Wildman–Crippen LogP) is 1.49. The highest BCUT2D eigenvalue weighted by Crippen LogP contribution is 2.20. The van der Waals surface area contributed by atoms with Crippen LogP contribution in [0.4, 0.5) is 0 Å². The molecule has 0 saturated heterocycles. The third kappa shape index (κ3) is 1.88. The highest BCUT2D eigenvalue weighted by Gasteiger charge is 2.09. The van der Waals surface area contributed by atoms with Crippen molar-refractivity contribution in [3.8, 4) is 5.75 Å². The van der Waals surface area contributed by atoms with Crippen LogP contribution in [0.2, 0.25) is 0 Å². The lowest BCUT2D eigenvalue weighted by Crippen LogP contribution is -2.24. The zero-order valence-corrected chi connectivity index (χ0v) is 9.90. The Hall–Kier alpha value is -1.55. The van der Waals surface area contributed by atoms with Crippen molar-refractivity contribution < 1.29 is 4.74 Å². The summed E-state index contributed by atoms with van der Waals surface area (Å²) in [6.45, 7) is 2.14. The second-order valence-corrected chi connectivity index (χ2v) is 3.90. The third-order valence-electron chi connectivity index (χ3n) is 2.81. The van der Waals surface area contributed by atoms with E-state index in [-0.39, 0.29) is 0 Å². The number of likely N-dealkylation sites (N-methyl/N-ethyl adjacent to an activating group) is 1. The molecule has 0 radical (unpaired) electrons. The van der Waals surface area contributed by atoms with Crippen molar-refractivity contribution in [1.29, 1.82) is 0 Å². The summed E-state index contributed by atoms with van der Waals surface area (Å²) >= 11 is 0. The first-order chi connectivity index (χ1) is 7.76. The third-order valence-corrected chi connectivity index (χ3v) is 2.81. The van der Waals surface area contributed by atoms with Gasteiger partial charge < -0.3 is 14.5 Å². The highest BCUT2D eigenvalue weighted by atomic mass is 16.5. The summed E-state index contributed by atoms with van der Waals surface area (Å²) in [5.41, 5.74) is 1.02. The molecule has 0 aliphatic heterocycles. The standard InChI is InChI=1S/C12H17N3O/c1-9(13-2)7-12-14-8-10-11(16-3)5-4-6-15(10)12/h4-6,8-9,13H,7H2,1-3H3. The summed E-state index contributed by atoms with van der Waals surface area (Å²) in [5, 5.41) is 3.21. The van der Waals surface area contributed by atoms with Crippen molar-refractivity contribution in [2.24, 2.45) is 0 Å². The molecule has 0 bridgehead atoms. The summed E-state index contributed by atoms with van der Waals surface area (Å²) < 4.78 is 7.37. The van der Waals surface area contributed by atoms with Crippen molar-refractivity contribution >= 4 is 5.52 Å². The van der Waals surface area contributed by atoms with Gasteiger partial charge in [0.15, 0.2) is 0 Å². The first-order valence-electron chi connectivity index (χ1n) is 5.42. The molecule has 0 saturated carbocycles. The molecule has 0 aliphatic carbocycles. The van der Waals surface area contributed by atoms with Gasteiger partial charge in [-0.1, -0.05) is 0 Å². The van der Waals surface area contributed by atoms with Gasteiger partial charge in [0.2, 0.25) is 0 Å². The molecular weight excluding hydrogens is 202 g/mol. The number of nitrogens with zero attached hydrogens (tertiary/aromatic N) is 2. The number of hydrogen-bond donors (Lipinski definition) is 1. The van der Waals surface area contributed by atoms with Gasteiger partial charge in [-0.15, -0.1) is 0 Å². The van der Waals surface area contributed by atoms with Crippen LogP contribution in [-0.4, -0.2) is 29.6 Å². The predicted molar refractivity (Wildman–Crippen MR) is 64.0 cm³/mol. The van der Waals surface area contributed by atoms with Crippen LogP contribution in [0.25, 0.3) is 5.52 Å². The van der Waals surface area contributed by atoms with Gasteiger partial charge in [0, 0.05) is 18.7 Å². The Morgan fingerprint density at radius 1 is 1.56 bits per heavy atom. The maximum Gasteiger partial charge on any atom is 0.144 e. The van der Waals surface area contributed by atoms with E-state index in [1.54, 1.807) is 7.11 Å². The van der Waals surface area contributed by atoms with E-state index >= 15 is 0 Å². The highest BCUT2D eigenvalue weighted by molar-refractivity contribution is 5.59. The molecule has 0 aromatic carbocycles. The summed E-state index contributed by atoms with van der Waals surface area (Å²) in [6.07, 6.45) is 4.77. The molecule has 1 atom stereocenters. The molecule has 1 N–H and O–H groups in total. The maximum atomic E-state index is 5.30. The average molecular weight is 219 g/mol. The van der Waals surface area contributed by atoms with Gasteiger partial charge in [0.05, 0.1) is 13.3 Å². The van der Waals surface area contributed by atoms with Crippen LogP contribution >= 0.6 is 0 Å². The zero-order chi connectivity index (χ0) is 11.5. The van der Waals surface area contributed by atoms with E-state index in [4.69, 9.17) is 4.74 Å². The normalized spacial score (nSPS) is 12.9. The molecule has 2 heterocycles. The summed E-state index contributed by atoms with van der Waals surface area (Å²) in [4.78, 5) is 4.43. The van der Waals surface area contributed by atoms with E-state index < -0.39 is 0 Å². The number of methoxy groups -OCH3 is 1. The second-order valence-electron chi connectivity index (χ2n) is 3.90. The molecular formula is C12H17N3O. The fraction of sp³-hybridized carbons (Fsp3) is 0.417. The van der Waals surface area contributed by atoms with Gasteiger partial charge in [-0.25, -0.2) is 4.98 Å². The molecule has 16 heavy (non-hydrogen) atoms. The zero-order valence-electron chi connectivity index (χ0n) is 9.90. The van der Waals surface area contributed by atoms with Crippen molar-refractivity contribution in [1.82, 2.24) is 14.7 Å². The van der Waals surface area contributed by atoms with E-state index in [0.29, 0.717) is 6.04 Å². The molecule has 86 valence electrons. The Morgan fingerprint density at radius 3 is 3.06 bits per heavy atom. The molecule has 4 nitrogen and oxygen atoms in total. The van der Waals surface area contributed by atoms with Gasteiger partial charge in [0.1, 0.15) is 17.1 Å². The van der Waals surface area contributed by atoms with Gasteiger partial charge in [-0.2, -0.15) is 0 Å². The van der Waals surface area contributed by atoms with E-state index in [1.165, 1.54) is 0 Å². The topological polar surface area (TPSA) is 38.6 Å². The quantitative estimate of drug-likeness (QED) is 0.846. The molecule has 2 aromatic heterocycles. The average Bonchev–Trinajstić information content (AvgIpc) is 2.72. The first-order valence-corrected chi connectivity index (χ1v) is 5.42.